The Hall–Kier alpha value is 1.46. The van der Waals surface area contributed by atoms with E-state index in [2.05, 4.69) is 22.1 Å². The van der Waals surface area contributed by atoms with Gasteiger partial charge in [-0.05, 0) is 0 Å². The largest absolute Gasteiger partial charge is 1.00 e. The van der Waals surface area contributed by atoms with Crippen LogP contribution in [0.5, 0.6) is 0 Å². The van der Waals surface area contributed by atoms with Crippen molar-refractivity contribution in [2.45, 2.75) is 6.92 Å². The summed E-state index contributed by atoms with van der Waals surface area (Å²) in [5.74, 6) is 1.20. The number of rotatable bonds is 1. The number of halogens is 2. The van der Waals surface area contributed by atoms with Gasteiger partial charge in [-0.3, -0.25) is 0 Å². The summed E-state index contributed by atoms with van der Waals surface area (Å²) in [5, 5.41) is 0. The first-order valence-electron chi connectivity index (χ1n) is 1.23. The van der Waals surface area contributed by atoms with Gasteiger partial charge in [-0.15, -0.1) is 0 Å². The third-order valence-electron chi connectivity index (χ3n) is 0.167. The Labute approximate surface area is 62.7 Å². The molecule has 0 N–H and O–H groups in total. The van der Waals surface area contributed by atoms with E-state index in [1.165, 1.54) is 5.75 Å². The maximum absolute atomic E-state index is 2.57. The zero-order chi connectivity index (χ0) is 3.41. The quantitative estimate of drug-likeness (QED) is 0.345. The van der Waals surface area contributed by atoms with Crippen molar-refractivity contribution in [1.82, 2.24) is 0 Å². The van der Waals surface area contributed by atoms with E-state index in [1.54, 1.807) is 10.1 Å². The molecule has 0 amide bonds. The Morgan fingerprint density at radius 1 is 1.50 bits per heavy atom. The standard InChI is InChI=1S/C2H6S.Al.2ClH/c1-2-3;;;/h3H,2H2,1H3;;2*1H/q;+3;;/p-3. The molecule has 0 saturated heterocycles. The van der Waals surface area contributed by atoms with E-state index < -0.39 is 0 Å². The van der Waals surface area contributed by atoms with Crippen LogP contribution in [0.3, 0.4) is 0 Å². The molecule has 0 aliphatic carbocycles. The van der Waals surface area contributed by atoms with Crippen LogP contribution in [0.25, 0.3) is 0 Å². The predicted octanol–water partition coefficient (Wildman–Crippen LogP) is -5.17. The van der Waals surface area contributed by atoms with Crippen molar-refractivity contribution in [3.63, 3.8) is 0 Å². The molecule has 36 valence electrons. The molecule has 0 aliphatic heterocycles. The predicted molar refractivity (Wildman–Crippen MR) is 23.9 cm³/mol. The molecular weight excluding hydrogens is 154 g/mol. The van der Waals surface area contributed by atoms with Crippen LogP contribution in [0, 0.1) is 0 Å². The summed E-state index contributed by atoms with van der Waals surface area (Å²) in [6.07, 6.45) is 0. The van der Waals surface area contributed by atoms with Crippen LogP contribution in [-0.4, -0.2) is 20.9 Å². The summed E-state index contributed by atoms with van der Waals surface area (Å²) < 4.78 is 0. The molecule has 6 heavy (non-hydrogen) atoms. The smallest absolute Gasteiger partial charge is 1.00 e. The molecule has 0 fully saturated rings. The van der Waals surface area contributed by atoms with Crippen LogP contribution < -0.4 is 24.8 Å². The molecule has 0 aromatic rings. The fourth-order valence-electron chi connectivity index (χ4n) is 0. The van der Waals surface area contributed by atoms with Gasteiger partial charge in [-0.2, -0.15) is 0 Å². The Balaban J connectivity index is -0.0000000450. The van der Waals surface area contributed by atoms with Crippen LogP contribution in [0.2, 0.25) is 0 Å². The zero-order valence-electron chi connectivity index (χ0n) is 3.45. The Morgan fingerprint density at radius 3 is 1.67 bits per heavy atom. The van der Waals surface area contributed by atoms with Crippen molar-refractivity contribution in [2.75, 3.05) is 5.75 Å². The van der Waals surface area contributed by atoms with E-state index in [4.69, 9.17) is 0 Å². The topological polar surface area (TPSA) is 0 Å². The summed E-state index contributed by atoms with van der Waals surface area (Å²) in [7, 11) is 1.77. The average molecular weight is 159 g/mol. The van der Waals surface area contributed by atoms with Gasteiger partial charge in [0.25, 0.3) is 0 Å². The van der Waals surface area contributed by atoms with E-state index in [9.17, 15) is 0 Å². The third-order valence-corrected chi connectivity index (χ3v) is 1.50. The van der Waals surface area contributed by atoms with Gasteiger partial charge in [0.2, 0.25) is 0 Å². The van der Waals surface area contributed by atoms with Crippen molar-refractivity contribution in [3.8, 4) is 0 Å². The molecule has 0 heterocycles. The van der Waals surface area contributed by atoms with E-state index in [0.29, 0.717) is 0 Å². The van der Waals surface area contributed by atoms with Gasteiger partial charge < -0.3 is 24.8 Å². The van der Waals surface area contributed by atoms with Crippen LogP contribution in [0.1, 0.15) is 6.92 Å². The Kier molecular flexibility index (Phi) is 42.0. The Morgan fingerprint density at radius 2 is 1.67 bits per heavy atom. The summed E-state index contributed by atoms with van der Waals surface area (Å²) in [6, 6.07) is 0. The van der Waals surface area contributed by atoms with Crippen LogP contribution in [0.4, 0.5) is 0 Å². The SMILES string of the molecule is CC[S][Al+2].[Cl-].[Cl-]. The molecule has 0 radical (unpaired) electrons. The minimum absolute atomic E-state index is 0. The normalized spacial score (nSPS) is 5.17. The van der Waals surface area contributed by atoms with Crippen molar-refractivity contribution >= 4 is 25.3 Å². The summed E-state index contributed by atoms with van der Waals surface area (Å²) in [5.41, 5.74) is 0. The second kappa shape index (κ2) is 16.1. The minimum Gasteiger partial charge on any atom is -1.00 e. The second-order valence-corrected chi connectivity index (χ2v) is 2.37. The molecule has 0 rings (SSSR count). The molecule has 0 aromatic carbocycles. The number of hydrogen-bond donors (Lipinski definition) is 0. The fourth-order valence-corrected chi connectivity index (χ4v) is 0. The molecule has 0 atom stereocenters. The van der Waals surface area contributed by atoms with Gasteiger partial charge in [0.05, 0.1) is 0 Å². The second-order valence-electron chi connectivity index (χ2n) is 0.455. The van der Waals surface area contributed by atoms with Crippen LogP contribution in [-0.2, 0) is 0 Å². The van der Waals surface area contributed by atoms with Crippen molar-refractivity contribution < 1.29 is 24.8 Å². The first-order chi connectivity index (χ1) is 1.91. The van der Waals surface area contributed by atoms with E-state index in [1.807, 2.05) is 0 Å². The van der Waals surface area contributed by atoms with Crippen molar-refractivity contribution in [3.05, 3.63) is 0 Å². The maximum atomic E-state index is 2.57. The Bertz CT molecular complexity index is 13.5. The molecule has 0 aromatic heterocycles. The van der Waals surface area contributed by atoms with Gasteiger partial charge in [-0.1, -0.05) is 0 Å². The number of hydrogen-bond acceptors (Lipinski definition) is 1. The first-order valence-corrected chi connectivity index (χ1v) is 3.69. The van der Waals surface area contributed by atoms with Gasteiger partial charge in [0, 0.05) is 0 Å². The fraction of sp³-hybridized carbons (Fsp3) is 1.00. The summed E-state index contributed by atoms with van der Waals surface area (Å²) in [6.45, 7) is 2.12. The first kappa shape index (κ1) is 15.7. The molecule has 4 heteroatoms. The van der Waals surface area contributed by atoms with Gasteiger partial charge in [-0.25, -0.2) is 0 Å². The summed E-state index contributed by atoms with van der Waals surface area (Å²) in [4.78, 5) is 0. The van der Waals surface area contributed by atoms with Gasteiger partial charge >= 0.3 is 38.0 Å². The van der Waals surface area contributed by atoms with E-state index in [0.717, 1.165) is 0 Å². The van der Waals surface area contributed by atoms with E-state index in [-0.39, 0.29) is 24.8 Å². The zero-order valence-corrected chi connectivity index (χ0v) is 6.93. The van der Waals surface area contributed by atoms with Gasteiger partial charge in [0.1, 0.15) is 0 Å². The molecule has 0 saturated carbocycles. The molecule has 0 aliphatic rings. The summed E-state index contributed by atoms with van der Waals surface area (Å²) >= 11 is 2.57. The van der Waals surface area contributed by atoms with Crippen molar-refractivity contribution in [2.24, 2.45) is 0 Å². The van der Waals surface area contributed by atoms with Crippen LogP contribution >= 0.6 is 10.1 Å². The third kappa shape index (κ3) is 17.9. The van der Waals surface area contributed by atoms with E-state index >= 15 is 0 Å². The molecule has 0 bridgehead atoms. The average Bonchev–Trinajstić information content (AvgIpc) is 1.37. The monoisotopic (exact) mass is 158 g/mol. The molecule has 0 spiro atoms. The molecular formula is C2H5AlCl2S. The van der Waals surface area contributed by atoms with Crippen molar-refractivity contribution in [1.29, 1.82) is 0 Å². The maximum Gasteiger partial charge on any atom is -1.00 e. The van der Waals surface area contributed by atoms with Crippen LogP contribution in [0.15, 0.2) is 0 Å². The molecule has 0 nitrogen and oxygen atoms in total. The minimum atomic E-state index is 0. The molecule has 0 unspecified atom stereocenters. The van der Waals surface area contributed by atoms with Gasteiger partial charge in [0.15, 0.2) is 0 Å².